The average molecular weight is 301 g/mol. The molecule has 1 aromatic heterocycles. The highest BCUT2D eigenvalue weighted by Crippen LogP contribution is 2.25. The summed E-state index contributed by atoms with van der Waals surface area (Å²) in [6.45, 7) is 0.664. The molecule has 84 valence electrons. The maximum Gasteiger partial charge on any atom is 0.0815 e. The lowest BCUT2D eigenvalue weighted by Gasteiger charge is -2.07. The van der Waals surface area contributed by atoms with Gasteiger partial charge in [-0.3, -0.25) is 4.68 Å². The summed E-state index contributed by atoms with van der Waals surface area (Å²) in [6, 6.07) is 7.69. The summed E-state index contributed by atoms with van der Waals surface area (Å²) in [7, 11) is 1.90. The molecule has 0 saturated heterocycles. The maximum absolute atomic E-state index is 6.06. The van der Waals surface area contributed by atoms with Crippen molar-refractivity contribution in [1.82, 2.24) is 9.78 Å². The molecule has 2 rings (SSSR count). The number of nitrogens with zero attached hydrogens (tertiary/aromatic N) is 2. The van der Waals surface area contributed by atoms with Gasteiger partial charge in [0, 0.05) is 17.7 Å². The molecule has 0 aliphatic rings. The van der Waals surface area contributed by atoms with Crippen molar-refractivity contribution in [2.75, 3.05) is 5.32 Å². The minimum Gasteiger partial charge on any atom is -0.378 e. The Labute approximate surface area is 108 Å². The van der Waals surface area contributed by atoms with Gasteiger partial charge in [-0.2, -0.15) is 5.10 Å². The Kier molecular flexibility index (Phi) is 3.51. The van der Waals surface area contributed by atoms with E-state index in [0.717, 1.165) is 15.9 Å². The zero-order valence-electron chi connectivity index (χ0n) is 8.74. The van der Waals surface area contributed by atoms with Crippen molar-refractivity contribution in [3.63, 3.8) is 0 Å². The lowest BCUT2D eigenvalue weighted by molar-refractivity contribution is 0.747. The Balaban J connectivity index is 2.07. The quantitative estimate of drug-likeness (QED) is 0.941. The van der Waals surface area contributed by atoms with Gasteiger partial charge in [-0.05, 0) is 24.3 Å². The summed E-state index contributed by atoms with van der Waals surface area (Å²) < 4.78 is 2.78. The fourth-order valence-electron chi connectivity index (χ4n) is 1.38. The predicted octanol–water partition coefficient (Wildman–Crippen LogP) is 3.45. The average Bonchev–Trinajstić information content (AvgIpc) is 2.66. The van der Waals surface area contributed by atoms with Crippen LogP contribution in [0, 0.1) is 0 Å². The van der Waals surface area contributed by atoms with Crippen LogP contribution in [0.1, 0.15) is 5.69 Å². The number of hydrogen-bond donors (Lipinski definition) is 1. The van der Waals surface area contributed by atoms with Crippen molar-refractivity contribution in [2.45, 2.75) is 6.54 Å². The van der Waals surface area contributed by atoms with Gasteiger partial charge in [0.15, 0.2) is 0 Å². The highest BCUT2D eigenvalue weighted by molar-refractivity contribution is 9.10. The highest BCUT2D eigenvalue weighted by atomic mass is 79.9. The summed E-state index contributed by atoms with van der Waals surface area (Å²) in [6.07, 6.45) is 1.92. The number of hydrogen-bond acceptors (Lipinski definition) is 2. The molecule has 1 heterocycles. The maximum atomic E-state index is 6.06. The van der Waals surface area contributed by atoms with Crippen molar-refractivity contribution >= 4 is 33.2 Å². The summed E-state index contributed by atoms with van der Waals surface area (Å²) >= 11 is 9.47. The van der Waals surface area contributed by atoms with Gasteiger partial charge in [-0.15, -0.1) is 0 Å². The molecule has 1 aromatic carbocycles. The highest BCUT2D eigenvalue weighted by Gasteiger charge is 2.02. The topological polar surface area (TPSA) is 29.9 Å². The molecule has 16 heavy (non-hydrogen) atoms. The first kappa shape index (κ1) is 11.5. The van der Waals surface area contributed by atoms with Crippen LogP contribution >= 0.6 is 27.5 Å². The molecule has 3 nitrogen and oxygen atoms in total. The van der Waals surface area contributed by atoms with Gasteiger partial charge in [0.2, 0.25) is 0 Å². The summed E-state index contributed by atoms with van der Waals surface area (Å²) in [5.41, 5.74) is 1.89. The number of anilines is 1. The minimum absolute atomic E-state index is 0.664. The fourth-order valence-corrected chi connectivity index (χ4v) is 1.92. The lowest BCUT2D eigenvalue weighted by Crippen LogP contribution is -2.01. The molecule has 5 heteroatoms. The van der Waals surface area contributed by atoms with Crippen LogP contribution in [0.5, 0.6) is 0 Å². The van der Waals surface area contributed by atoms with Gasteiger partial charge in [0.25, 0.3) is 0 Å². The van der Waals surface area contributed by atoms with E-state index in [2.05, 4.69) is 26.3 Å². The molecule has 0 bridgehead atoms. The molecule has 0 radical (unpaired) electrons. The molecule has 0 saturated carbocycles. The normalized spacial score (nSPS) is 10.4. The first-order valence-electron chi connectivity index (χ1n) is 4.82. The van der Waals surface area contributed by atoms with Gasteiger partial charge in [0.1, 0.15) is 0 Å². The number of halogens is 2. The zero-order valence-corrected chi connectivity index (χ0v) is 11.1. The van der Waals surface area contributed by atoms with E-state index in [9.17, 15) is 0 Å². The molecule has 0 aliphatic carbocycles. The Morgan fingerprint density at radius 3 is 2.94 bits per heavy atom. The van der Waals surface area contributed by atoms with Crippen molar-refractivity contribution in [2.24, 2.45) is 7.05 Å². The Bertz CT molecular complexity index is 496. The standard InChI is InChI=1S/C11H11BrClN3/c1-16-5-4-9(15-16)7-14-11-6-8(12)2-3-10(11)13/h2-6,14H,7H2,1H3. The summed E-state index contributed by atoms with van der Waals surface area (Å²) in [4.78, 5) is 0. The van der Waals surface area contributed by atoms with E-state index < -0.39 is 0 Å². The second-order valence-corrected chi connectivity index (χ2v) is 4.78. The third-order valence-electron chi connectivity index (χ3n) is 2.16. The van der Waals surface area contributed by atoms with Gasteiger partial charge < -0.3 is 5.32 Å². The first-order valence-corrected chi connectivity index (χ1v) is 6.00. The zero-order chi connectivity index (χ0) is 11.5. The molecule has 1 N–H and O–H groups in total. The monoisotopic (exact) mass is 299 g/mol. The number of rotatable bonds is 3. The summed E-state index contributed by atoms with van der Waals surface area (Å²) in [5, 5.41) is 8.23. The fraction of sp³-hybridized carbons (Fsp3) is 0.182. The molecule has 2 aromatic rings. The number of aryl methyl sites for hydroxylation is 1. The van der Waals surface area contributed by atoms with Crippen LogP contribution in [0.2, 0.25) is 5.02 Å². The van der Waals surface area contributed by atoms with E-state index in [1.807, 2.05) is 37.5 Å². The van der Waals surface area contributed by atoms with Crippen LogP contribution < -0.4 is 5.32 Å². The van der Waals surface area contributed by atoms with Crippen molar-refractivity contribution in [3.05, 3.63) is 45.7 Å². The molecular formula is C11H11BrClN3. The minimum atomic E-state index is 0.664. The van der Waals surface area contributed by atoms with E-state index in [4.69, 9.17) is 11.6 Å². The molecule has 0 spiro atoms. The van der Waals surface area contributed by atoms with E-state index in [1.54, 1.807) is 4.68 Å². The Morgan fingerprint density at radius 1 is 1.44 bits per heavy atom. The van der Waals surface area contributed by atoms with Crippen molar-refractivity contribution < 1.29 is 0 Å². The molecule has 0 aliphatic heterocycles. The van der Waals surface area contributed by atoms with Crippen molar-refractivity contribution in [3.8, 4) is 0 Å². The van der Waals surface area contributed by atoms with Crippen LogP contribution in [0.25, 0.3) is 0 Å². The summed E-state index contributed by atoms with van der Waals surface area (Å²) in [5.74, 6) is 0. The molecular weight excluding hydrogens is 289 g/mol. The molecule has 0 fully saturated rings. The second-order valence-electron chi connectivity index (χ2n) is 3.46. The van der Waals surface area contributed by atoms with Crippen molar-refractivity contribution in [1.29, 1.82) is 0 Å². The van der Waals surface area contributed by atoms with Crippen LogP contribution in [0.4, 0.5) is 5.69 Å². The number of benzene rings is 1. The van der Waals surface area contributed by atoms with Gasteiger partial charge >= 0.3 is 0 Å². The first-order chi connectivity index (χ1) is 7.65. The molecule has 0 amide bonds. The third kappa shape index (κ3) is 2.77. The van der Waals surface area contributed by atoms with E-state index in [0.29, 0.717) is 11.6 Å². The van der Waals surface area contributed by atoms with E-state index in [1.165, 1.54) is 0 Å². The third-order valence-corrected chi connectivity index (χ3v) is 2.98. The smallest absolute Gasteiger partial charge is 0.0815 e. The van der Waals surface area contributed by atoms with E-state index >= 15 is 0 Å². The Morgan fingerprint density at radius 2 is 2.25 bits per heavy atom. The second kappa shape index (κ2) is 4.89. The molecule has 0 atom stereocenters. The van der Waals surface area contributed by atoms with Crippen LogP contribution in [0.15, 0.2) is 34.9 Å². The largest absolute Gasteiger partial charge is 0.378 e. The van der Waals surface area contributed by atoms with Crippen LogP contribution in [-0.2, 0) is 13.6 Å². The van der Waals surface area contributed by atoms with Crippen LogP contribution in [-0.4, -0.2) is 9.78 Å². The SMILES string of the molecule is Cn1ccc(CNc2cc(Br)ccc2Cl)n1. The lowest BCUT2D eigenvalue weighted by atomic mass is 10.3. The van der Waals surface area contributed by atoms with E-state index in [-0.39, 0.29) is 0 Å². The van der Waals surface area contributed by atoms with Crippen LogP contribution in [0.3, 0.4) is 0 Å². The Hall–Kier alpha value is -1.00. The predicted molar refractivity (Wildman–Crippen MR) is 69.7 cm³/mol. The van der Waals surface area contributed by atoms with Gasteiger partial charge in [-0.25, -0.2) is 0 Å². The number of aromatic nitrogens is 2. The van der Waals surface area contributed by atoms with Gasteiger partial charge in [0.05, 0.1) is 22.9 Å². The molecule has 0 unspecified atom stereocenters. The number of nitrogens with one attached hydrogen (secondary N) is 1. The van der Waals surface area contributed by atoms with Gasteiger partial charge in [-0.1, -0.05) is 27.5 Å².